The van der Waals surface area contributed by atoms with E-state index in [1.54, 1.807) is 14.2 Å². The molecule has 0 spiro atoms. The number of aliphatic hydroxyl groups excluding tert-OH is 1. The first-order valence-electron chi connectivity index (χ1n) is 6.06. The molecule has 0 fully saturated rings. The van der Waals surface area contributed by atoms with Gasteiger partial charge in [-0.15, -0.1) is 0 Å². The Kier molecular flexibility index (Phi) is 18.4. The van der Waals surface area contributed by atoms with E-state index in [1.807, 2.05) is 0 Å². The average Bonchev–Trinajstić information content (AvgIpc) is 2.38. The Morgan fingerprint density at radius 2 is 1.25 bits per heavy atom. The van der Waals surface area contributed by atoms with Gasteiger partial charge in [0.2, 0.25) is 0 Å². The van der Waals surface area contributed by atoms with Gasteiger partial charge in [-0.3, -0.25) is 4.18 Å². The van der Waals surface area contributed by atoms with Crippen LogP contribution in [0.4, 0.5) is 0 Å². The fraction of sp³-hybridized carbons (Fsp3) is 1.00. The summed E-state index contributed by atoms with van der Waals surface area (Å²) < 4.78 is 44.4. The third kappa shape index (κ3) is 26.3. The maximum atomic E-state index is 10.4. The summed E-state index contributed by atoms with van der Waals surface area (Å²) in [5, 5.41) is 8.20. The summed E-state index contributed by atoms with van der Waals surface area (Å²) in [4.78, 5) is 0. The number of hydrogen-bond donors (Lipinski definition) is 1. The summed E-state index contributed by atoms with van der Waals surface area (Å²) in [6, 6.07) is 0. The Hall–Kier alpha value is -0.290. The third-order valence-corrected chi connectivity index (χ3v) is 2.22. The molecular weight excluding hydrogens is 292 g/mol. The molecule has 0 aromatic carbocycles. The van der Waals surface area contributed by atoms with Crippen LogP contribution in [0.2, 0.25) is 0 Å². The molecule has 0 unspecified atom stereocenters. The molecule has 20 heavy (non-hydrogen) atoms. The van der Waals surface area contributed by atoms with E-state index in [0.29, 0.717) is 33.0 Å². The number of aliphatic hydroxyl groups is 1. The Balaban J connectivity index is 0. The summed E-state index contributed by atoms with van der Waals surface area (Å²) in [6.45, 7) is 2.92. The molecule has 0 bridgehead atoms. The highest BCUT2D eigenvalue weighted by Gasteiger charge is 1.99. The zero-order valence-corrected chi connectivity index (χ0v) is 13.2. The van der Waals surface area contributed by atoms with Gasteiger partial charge in [-0.1, -0.05) is 0 Å². The highest BCUT2D eigenvalue weighted by molar-refractivity contribution is 7.85. The Morgan fingerprint density at radius 3 is 1.65 bits per heavy atom. The Labute approximate surface area is 121 Å². The van der Waals surface area contributed by atoms with Crippen molar-refractivity contribution in [2.45, 2.75) is 0 Å². The van der Waals surface area contributed by atoms with Gasteiger partial charge in [0.25, 0.3) is 10.1 Å². The van der Waals surface area contributed by atoms with Gasteiger partial charge in [-0.25, -0.2) is 0 Å². The second-order valence-corrected chi connectivity index (χ2v) is 5.10. The molecule has 0 rings (SSSR count). The van der Waals surface area contributed by atoms with Crippen molar-refractivity contribution < 1.29 is 36.7 Å². The first kappa shape index (κ1) is 22.0. The number of ether oxygens (including phenoxy) is 4. The van der Waals surface area contributed by atoms with Crippen LogP contribution < -0.4 is 0 Å². The fourth-order valence-corrected chi connectivity index (χ4v) is 1.17. The van der Waals surface area contributed by atoms with Gasteiger partial charge in [0.05, 0.1) is 59.1 Å². The predicted octanol–water partition coefficient (Wildman–Crippen LogP) is -0.733. The van der Waals surface area contributed by atoms with Crippen molar-refractivity contribution in [1.29, 1.82) is 0 Å². The van der Waals surface area contributed by atoms with Gasteiger partial charge in [0.15, 0.2) is 0 Å². The SMILES string of the molecule is COCCOCCO.COCCOCCOS(C)(=O)=O. The lowest BCUT2D eigenvalue weighted by Crippen LogP contribution is -2.11. The molecule has 124 valence electrons. The molecule has 0 saturated heterocycles. The minimum absolute atomic E-state index is 0.0581. The maximum absolute atomic E-state index is 10.4. The van der Waals surface area contributed by atoms with E-state index in [2.05, 4.69) is 8.92 Å². The van der Waals surface area contributed by atoms with Crippen LogP contribution >= 0.6 is 0 Å². The molecule has 8 nitrogen and oxygen atoms in total. The Bertz CT molecular complexity index is 262. The van der Waals surface area contributed by atoms with E-state index < -0.39 is 10.1 Å². The zero-order valence-electron chi connectivity index (χ0n) is 12.4. The average molecular weight is 318 g/mol. The first-order chi connectivity index (χ1) is 9.47. The number of methoxy groups -OCH3 is 2. The molecule has 0 aliphatic carbocycles. The topological polar surface area (TPSA) is 101 Å². The van der Waals surface area contributed by atoms with Gasteiger partial charge < -0.3 is 24.1 Å². The summed E-state index contributed by atoms with van der Waals surface area (Å²) in [7, 11) is -0.149. The molecular formula is C11H26O8S. The second kappa shape index (κ2) is 16.8. The van der Waals surface area contributed by atoms with Crippen molar-refractivity contribution >= 4 is 10.1 Å². The quantitative estimate of drug-likeness (QED) is 0.371. The third-order valence-electron chi connectivity index (χ3n) is 1.62. The van der Waals surface area contributed by atoms with Crippen molar-refractivity contribution in [3.63, 3.8) is 0 Å². The van der Waals surface area contributed by atoms with E-state index in [9.17, 15) is 8.42 Å². The van der Waals surface area contributed by atoms with Gasteiger partial charge in [0, 0.05) is 14.2 Å². The van der Waals surface area contributed by atoms with Crippen LogP contribution in [0.5, 0.6) is 0 Å². The second-order valence-electron chi connectivity index (χ2n) is 3.46. The molecule has 0 heterocycles. The van der Waals surface area contributed by atoms with Crippen LogP contribution in [-0.2, 0) is 33.2 Å². The summed E-state index contributed by atoms with van der Waals surface area (Å²) in [5.41, 5.74) is 0. The normalized spacial score (nSPS) is 11.0. The lowest BCUT2D eigenvalue weighted by atomic mass is 10.7. The van der Waals surface area contributed by atoms with E-state index in [-0.39, 0.29) is 19.8 Å². The highest BCUT2D eigenvalue weighted by Crippen LogP contribution is 1.86. The van der Waals surface area contributed by atoms with Crippen molar-refractivity contribution in [3.8, 4) is 0 Å². The molecule has 0 aromatic rings. The summed E-state index contributed by atoms with van der Waals surface area (Å²) in [5.74, 6) is 0. The largest absolute Gasteiger partial charge is 0.394 e. The molecule has 0 aromatic heterocycles. The monoisotopic (exact) mass is 318 g/mol. The van der Waals surface area contributed by atoms with Gasteiger partial charge in [-0.2, -0.15) is 8.42 Å². The molecule has 0 radical (unpaired) electrons. The zero-order chi connectivity index (χ0) is 15.7. The smallest absolute Gasteiger partial charge is 0.264 e. The van der Waals surface area contributed by atoms with Crippen LogP contribution in [0.3, 0.4) is 0 Å². The van der Waals surface area contributed by atoms with E-state index >= 15 is 0 Å². The van der Waals surface area contributed by atoms with Crippen molar-refractivity contribution in [2.75, 3.05) is 73.3 Å². The Morgan fingerprint density at radius 1 is 0.800 bits per heavy atom. The van der Waals surface area contributed by atoms with E-state index in [0.717, 1.165) is 6.26 Å². The number of hydrogen-bond acceptors (Lipinski definition) is 8. The lowest BCUT2D eigenvalue weighted by molar-refractivity contribution is 0.0500. The molecule has 9 heteroatoms. The minimum Gasteiger partial charge on any atom is -0.394 e. The molecule has 0 saturated carbocycles. The van der Waals surface area contributed by atoms with Gasteiger partial charge >= 0.3 is 0 Å². The molecule has 0 amide bonds. The molecule has 0 aliphatic heterocycles. The van der Waals surface area contributed by atoms with Crippen LogP contribution in [-0.4, -0.2) is 86.9 Å². The summed E-state index contributed by atoms with van der Waals surface area (Å²) >= 11 is 0. The predicted molar refractivity (Wildman–Crippen MR) is 73.3 cm³/mol. The minimum atomic E-state index is -3.33. The maximum Gasteiger partial charge on any atom is 0.264 e. The number of rotatable bonds is 12. The lowest BCUT2D eigenvalue weighted by Gasteiger charge is -2.02. The van der Waals surface area contributed by atoms with Crippen LogP contribution in [0.1, 0.15) is 0 Å². The van der Waals surface area contributed by atoms with Crippen LogP contribution in [0.25, 0.3) is 0 Å². The van der Waals surface area contributed by atoms with Crippen molar-refractivity contribution in [1.82, 2.24) is 0 Å². The van der Waals surface area contributed by atoms with Crippen LogP contribution in [0.15, 0.2) is 0 Å². The first-order valence-corrected chi connectivity index (χ1v) is 7.88. The van der Waals surface area contributed by atoms with E-state index in [1.165, 1.54) is 0 Å². The van der Waals surface area contributed by atoms with Crippen molar-refractivity contribution in [3.05, 3.63) is 0 Å². The molecule has 1 N–H and O–H groups in total. The van der Waals surface area contributed by atoms with Crippen molar-refractivity contribution in [2.24, 2.45) is 0 Å². The molecule has 0 aliphatic rings. The summed E-state index contributed by atoms with van der Waals surface area (Å²) in [6.07, 6.45) is 1.00. The standard InChI is InChI=1S/C6H14O5S.C5H12O3/c1-9-3-4-10-5-6-11-12(2,7)8;1-7-4-5-8-3-2-6/h3-6H2,1-2H3;6H,2-5H2,1H3. The van der Waals surface area contributed by atoms with Gasteiger partial charge in [0.1, 0.15) is 0 Å². The fourth-order valence-electron chi connectivity index (χ4n) is 0.798. The van der Waals surface area contributed by atoms with Gasteiger partial charge in [-0.05, 0) is 0 Å². The molecule has 0 atom stereocenters. The van der Waals surface area contributed by atoms with Crippen LogP contribution in [0, 0.1) is 0 Å². The van der Waals surface area contributed by atoms with E-state index in [4.69, 9.17) is 19.3 Å². The highest BCUT2D eigenvalue weighted by atomic mass is 32.2.